The first-order valence-corrected chi connectivity index (χ1v) is 7.20. The average molecular weight is 278 g/mol. The molecule has 0 saturated heterocycles. The molecule has 0 bridgehead atoms. The van der Waals surface area contributed by atoms with Crippen LogP contribution in [0.25, 0.3) is 0 Å². The molecule has 0 aliphatic carbocycles. The van der Waals surface area contributed by atoms with E-state index in [-0.39, 0.29) is 5.12 Å². The van der Waals surface area contributed by atoms with Gasteiger partial charge in [0.1, 0.15) is 0 Å². The fourth-order valence-corrected chi connectivity index (χ4v) is 2.10. The summed E-state index contributed by atoms with van der Waals surface area (Å²) in [5, 5.41) is 11.6. The summed E-state index contributed by atoms with van der Waals surface area (Å²) >= 11 is 1.32. The van der Waals surface area contributed by atoms with Gasteiger partial charge in [0.25, 0.3) is 0 Å². The summed E-state index contributed by atoms with van der Waals surface area (Å²) in [7, 11) is 0. The number of nitrogens with one attached hydrogen (secondary N) is 1. The molecule has 19 heavy (non-hydrogen) atoms. The highest BCUT2D eigenvalue weighted by Gasteiger charge is 2.04. The van der Waals surface area contributed by atoms with E-state index in [1.54, 1.807) is 0 Å². The van der Waals surface area contributed by atoms with E-state index in [0.717, 1.165) is 24.4 Å². The van der Waals surface area contributed by atoms with E-state index in [4.69, 9.17) is 10.00 Å². The lowest BCUT2D eigenvalue weighted by molar-refractivity contribution is 0.108. The van der Waals surface area contributed by atoms with Gasteiger partial charge in [0, 0.05) is 24.4 Å². The molecule has 0 atom stereocenters. The third kappa shape index (κ3) is 7.62. The molecule has 1 N–H and O–H groups in total. The number of nitrogens with zero attached hydrogens (tertiary/aromatic N) is 1. The van der Waals surface area contributed by atoms with Crippen LogP contribution < -0.4 is 5.32 Å². The third-order valence-electron chi connectivity index (χ3n) is 2.30. The van der Waals surface area contributed by atoms with Crippen LogP contribution in [0.3, 0.4) is 0 Å². The van der Waals surface area contributed by atoms with E-state index in [1.807, 2.05) is 36.4 Å². The summed E-state index contributed by atoms with van der Waals surface area (Å²) in [6.07, 6.45) is 0.432. The first-order valence-electron chi connectivity index (χ1n) is 6.22. The number of nitriles is 1. The van der Waals surface area contributed by atoms with Crippen molar-refractivity contribution >= 4 is 16.9 Å². The number of hydrogen-bond donors (Lipinski definition) is 1. The first-order chi connectivity index (χ1) is 9.34. The molecule has 5 heteroatoms. The van der Waals surface area contributed by atoms with Crippen LogP contribution in [0.4, 0.5) is 0 Å². The SMILES string of the molecule is N#CCCOCCNCCSC(=O)c1ccccc1. The maximum atomic E-state index is 11.7. The number of hydrogen-bond acceptors (Lipinski definition) is 5. The van der Waals surface area contributed by atoms with Crippen LogP contribution in [0.2, 0.25) is 0 Å². The largest absolute Gasteiger partial charge is 0.379 e. The molecule has 0 saturated carbocycles. The van der Waals surface area contributed by atoms with Gasteiger partial charge in [0.05, 0.1) is 25.7 Å². The molecule has 4 nitrogen and oxygen atoms in total. The monoisotopic (exact) mass is 278 g/mol. The summed E-state index contributed by atoms with van der Waals surface area (Å²) in [4.78, 5) is 11.7. The number of thioether (sulfide) groups is 1. The standard InChI is InChI=1S/C14H18N2O2S/c15-7-4-10-18-11-8-16-9-12-19-14(17)13-5-2-1-3-6-13/h1-3,5-6,16H,4,8-12H2. The lowest BCUT2D eigenvalue weighted by atomic mass is 10.2. The normalized spacial score (nSPS) is 10.1. The van der Waals surface area contributed by atoms with E-state index < -0.39 is 0 Å². The zero-order valence-electron chi connectivity index (χ0n) is 10.8. The Morgan fingerprint density at radius 2 is 2.05 bits per heavy atom. The van der Waals surface area contributed by atoms with Gasteiger partial charge in [-0.05, 0) is 0 Å². The van der Waals surface area contributed by atoms with Gasteiger partial charge in [0.2, 0.25) is 5.12 Å². The summed E-state index contributed by atoms with van der Waals surface area (Å²) in [5.41, 5.74) is 0.743. The molecule has 1 aromatic carbocycles. The van der Waals surface area contributed by atoms with Crippen molar-refractivity contribution in [2.24, 2.45) is 0 Å². The molecule has 0 fully saturated rings. The fourth-order valence-electron chi connectivity index (χ4n) is 1.36. The summed E-state index contributed by atoms with van der Waals surface area (Å²) < 4.78 is 5.21. The number of carbonyl (C=O) groups is 1. The predicted octanol–water partition coefficient (Wildman–Crippen LogP) is 2.08. The maximum absolute atomic E-state index is 11.7. The Balaban J connectivity index is 1.97. The van der Waals surface area contributed by atoms with Gasteiger partial charge in [0.15, 0.2) is 0 Å². The van der Waals surface area contributed by atoms with Gasteiger partial charge in [-0.25, -0.2) is 0 Å². The summed E-state index contributed by atoms with van der Waals surface area (Å²) in [6, 6.07) is 11.3. The van der Waals surface area contributed by atoms with Crippen LogP contribution in [0, 0.1) is 11.3 Å². The number of carbonyl (C=O) groups excluding carboxylic acids is 1. The molecule has 0 aromatic heterocycles. The van der Waals surface area contributed by atoms with E-state index >= 15 is 0 Å². The molecule has 0 heterocycles. The van der Waals surface area contributed by atoms with E-state index in [9.17, 15) is 4.79 Å². The molecule has 1 rings (SSSR count). The average Bonchev–Trinajstić information content (AvgIpc) is 2.46. The van der Waals surface area contributed by atoms with Gasteiger partial charge in [-0.3, -0.25) is 4.79 Å². The van der Waals surface area contributed by atoms with Crippen molar-refractivity contribution in [1.82, 2.24) is 5.32 Å². The second-order valence-corrected chi connectivity index (χ2v) is 4.84. The molecule has 0 radical (unpaired) electrons. The topological polar surface area (TPSA) is 62.1 Å². The smallest absolute Gasteiger partial charge is 0.219 e. The van der Waals surface area contributed by atoms with Crippen LogP contribution in [0.5, 0.6) is 0 Å². The zero-order valence-corrected chi connectivity index (χ0v) is 11.6. The number of rotatable bonds is 9. The van der Waals surface area contributed by atoms with Crippen LogP contribution >= 0.6 is 11.8 Å². The Kier molecular flexibility index (Phi) is 8.73. The summed E-state index contributed by atoms with van der Waals surface area (Å²) in [6.45, 7) is 2.59. The van der Waals surface area contributed by atoms with Gasteiger partial charge in [-0.2, -0.15) is 5.26 Å². The molecule has 0 amide bonds. The highest BCUT2D eigenvalue weighted by atomic mass is 32.2. The van der Waals surface area contributed by atoms with E-state index in [1.165, 1.54) is 11.8 Å². The second kappa shape index (κ2) is 10.6. The van der Waals surface area contributed by atoms with Gasteiger partial charge >= 0.3 is 0 Å². The minimum atomic E-state index is 0.104. The molecule has 0 unspecified atom stereocenters. The third-order valence-corrected chi connectivity index (χ3v) is 3.21. The Morgan fingerprint density at radius 3 is 2.79 bits per heavy atom. The lowest BCUT2D eigenvalue weighted by Gasteiger charge is -2.04. The van der Waals surface area contributed by atoms with Crippen molar-refractivity contribution in [3.8, 4) is 6.07 Å². The Hall–Kier alpha value is -1.35. The van der Waals surface area contributed by atoms with E-state index in [0.29, 0.717) is 19.6 Å². The first kappa shape index (κ1) is 15.7. The van der Waals surface area contributed by atoms with Crippen LogP contribution in [-0.2, 0) is 4.74 Å². The van der Waals surface area contributed by atoms with Gasteiger partial charge in [-0.1, -0.05) is 42.1 Å². The van der Waals surface area contributed by atoms with Gasteiger partial charge < -0.3 is 10.1 Å². The minimum Gasteiger partial charge on any atom is -0.379 e. The highest BCUT2D eigenvalue weighted by Crippen LogP contribution is 2.10. The molecule has 1 aromatic rings. The zero-order chi connectivity index (χ0) is 13.8. The second-order valence-electron chi connectivity index (χ2n) is 3.77. The maximum Gasteiger partial charge on any atom is 0.219 e. The molecule has 0 aliphatic rings. The Labute approximate surface area is 118 Å². The Bertz CT molecular complexity index is 404. The summed E-state index contributed by atoms with van der Waals surface area (Å²) in [5.74, 6) is 0.742. The molecule has 0 aliphatic heterocycles. The van der Waals surface area contributed by atoms with Crippen molar-refractivity contribution in [2.75, 3.05) is 32.1 Å². The van der Waals surface area contributed by atoms with Crippen LogP contribution in [0.1, 0.15) is 16.8 Å². The van der Waals surface area contributed by atoms with Crippen LogP contribution in [-0.4, -0.2) is 37.2 Å². The predicted molar refractivity (Wildman–Crippen MR) is 77.1 cm³/mol. The van der Waals surface area contributed by atoms with Crippen molar-refractivity contribution in [3.63, 3.8) is 0 Å². The molecule has 0 spiro atoms. The van der Waals surface area contributed by atoms with Crippen molar-refractivity contribution in [2.45, 2.75) is 6.42 Å². The molecule has 102 valence electrons. The Morgan fingerprint density at radius 1 is 1.26 bits per heavy atom. The molecular weight excluding hydrogens is 260 g/mol. The lowest BCUT2D eigenvalue weighted by Crippen LogP contribution is -2.22. The van der Waals surface area contributed by atoms with E-state index in [2.05, 4.69) is 5.32 Å². The van der Waals surface area contributed by atoms with Crippen molar-refractivity contribution in [1.29, 1.82) is 5.26 Å². The molecular formula is C14H18N2O2S. The fraction of sp³-hybridized carbons (Fsp3) is 0.429. The van der Waals surface area contributed by atoms with Crippen molar-refractivity contribution < 1.29 is 9.53 Å². The van der Waals surface area contributed by atoms with Crippen molar-refractivity contribution in [3.05, 3.63) is 35.9 Å². The van der Waals surface area contributed by atoms with Gasteiger partial charge in [-0.15, -0.1) is 0 Å². The highest BCUT2D eigenvalue weighted by molar-refractivity contribution is 8.14. The number of benzene rings is 1. The minimum absolute atomic E-state index is 0.104. The quantitative estimate of drug-likeness (QED) is 0.701. The number of ether oxygens (including phenoxy) is 1. The van der Waals surface area contributed by atoms with Crippen LogP contribution in [0.15, 0.2) is 30.3 Å².